The second-order valence-electron chi connectivity index (χ2n) is 5.97. The van der Waals surface area contributed by atoms with Crippen LogP contribution < -0.4 is 5.32 Å². The first kappa shape index (κ1) is 16.5. The summed E-state index contributed by atoms with van der Waals surface area (Å²) in [5.41, 5.74) is 0.990. The third-order valence-corrected chi connectivity index (χ3v) is 6.05. The van der Waals surface area contributed by atoms with E-state index < -0.39 is 10.0 Å². The molecule has 0 heterocycles. The summed E-state index contributed by atoms with van der Waals surface area (Å²) in [4.78, 5) is 0.397. The van der Waals surface area contributed by atoms with Crippen molar-refractivity contribution in [2.45, 2.75) is 43.5 Å². The summed E-state index contributed by atoms with van der Waals surface area (Å²) < 4.78 is 26.9. The molecule has 1 aliphatic rings. The van der Waals surface area contributed by atoms with Gasteiger partial charge in [0.1, 0.15) is 0 Å². The minimum Gasteiger partial charge on any atom is -0.316 e. The van der Waals surface area contributed by atoms with E-state index in [1.54, 1.807) is 19.2 Å². The highest BCUT2D eigenvalue weighted by Crippen LogP contribution is 2.26. The van der Waals surface area contributed by atoms with Gasteiger partial charge in [-0.3, -0.25) is 0 Å². The van der Waals surface area contributed by atoms with E-state index in [4.69, 9.17) is 0 Å². The summed E-state index contributed by atoms with van der Waals surface area (Å²) in [7, 11) is 0.187. The lowest BCUT2D eigenvalue weighted by atomic mass is 9.89. The maximum Gasteiger partial charge on any atom is 0.242 e. The number of rotatable bonds is 6. The Morgan fingerprint density at radius 1 is 1.24 bits per heavy atom. The molecule has 4 nitrogen and oxygen atoms in total. The lowest BCUT2D eigenvalue weighted by molar-refractivity contribution is 0.300. The van der Waals surface area contributed by atoms with Gasteiger partial charge in [-0.25, -0.2) is 12.7 Å². The first-order valence-electron chi connectivity index (χ1n) is 7.74. The molecule has 2 rings (SSSR count). The van der Waals surface area contributed by atoms with Gasteiger partial charge in [0, 0.05) is 20.1 Å². The molecule has 0 atom stereocenters. The fourth-order valence-electron chi connectivity index (χ4n) is 3.03. The van der Waals surface area contributed by atoms with Gasteiger partial charge in [-0.1, -0.05) is 31.4 Å². The standard InChI is InChI=1S/C16H26N2O2S/c1-17-12-15-9-6-10-16(11-15)21(19,20)18(2)13-14-7-4-3-5-8-14/h6,9-11,14,17H,3-5,7-8,12-13H2,1-2H3. The zero-order chi connectivity index (χ0) is 15.3. The minimum absolute atomic E-state index is 0.397. The third-order valence-electron chi connectivity index (χ3n) is 4.23. The van der Waals surface area contributed by atoms with Gasteiger partial charge < -0.3 is 5.32 Å². The maximum atomic E-state index is 12.7. The average molecular weight is 310 g/mol. The Bertz CT molecular complexity index is 551. The van der Waals surface area contributed by atoms with Crippen molar-refractivity contribution in [1.29, 1.82) is 0 Å². The number of sulfonamides is 1. The zero-order valence-electron chi connectivity index (χ0n) is 13.0. The van der Waals surface area contributed by atoms with E-state index in [9.17, 15) is 8.42 Å². The van der Waals surface area contributed by atoms with E-state index in [2.05, 4.69) is 5.32 Å². The molecule has 1 aromatic rings. The summed E-state index contributed by atoms with van der Waals surface area (Å²) in [6, 6.07) is 7.21. The summed E-state index contributed by atoms with van der Waals surface area (Å²) in [5.74, 6) is 0.513. The topological polar surface area (TPSA) is 49.4 Å². The van der Waals surface area contributed by atoms with Crippen LogP contribution in [0.15, 0.2) is 29.2 Å². The quantitative estimate of drug-likeness (QED) is 0.878. The minimum atomic E-state index is -3.37. The highest BCUT2D eigenvalue weighted by Gasteiger charge is 2.24. The Labute approximate surface area is 128 Å². The monoisotopic (exact) mass is 310 g/mol. The molecule has 0 bridgehead atoms. The molecule has 0 saturated heterocycles. The fraction of sp³-hybridized carbons (Fsp3) is 0.625. The zero-order valence-corrected chi connectivity index (χ0v) is 13.8. The van der Waals surface area contributed by atoms with Gasteiger partial charge in [0.05, 0.1) is 4.90 Å². The molecule has 0 radical (unpaired) electrons. The van der Waals surface area contributed by atoms with E-state index in [-0.39, 0.29) is 0 Å². The molecule has 1 N–H and O–H groups in total. The summed E-state index contributed by atoms with van der Waals surface area (Å²) >= 11 is 0. The van der Waals surface area contributed by atoms with Gasteiger partial charge in [0.25, 0.3) is 0 Å². The predicted octanol–water partition coefficient (Wildman–Crippen LogP) is 2.61. The van der Waals surface area contributed by atoms with Gasteiger partial charge in [0.2, 0.25) is 10.0 Å². The van der Waals surface area contributed by atoms with Gasteiger partial charge in [0.15, 0.2) is 0 Å². The highest BCUT2D eigenvalue weighted by molar-refractivity contribution is 7.89. The number of hydrogen-bond donors (Lipinski definition) is 1. The van der Waals surface area contributed by atoms with E-state index in [1.165, 1.54) is 23.6 Å². The second kappa shape index (κ2) is 7.38. The third kappa shape index (κ3) is 4.28. The number of benzene rings is 1. The second-order valence-corrected chi connectivity index (χ2v) is 8.01. The van der Waals surface area contributed by atoms with Crippen LogP contribution in [0, 0.1) is 5.92 Å². The van der Waals surface area contributed by atoms with E-state index in [1.807, 2.05) is 19.2 Å². The van der Waals surface area contributed by atoms with Crippen molar-refractivity contribution in [3.63, 3.8) is 0 Å². The van der Waals surface area contributed by atoms with Crippen molar-refractivity contribution < 1.29 is 8.42 Å². The predicted molar refractivity (Wildman–Crippen MR) is 85.6 cm³/mol. The normalized spacial score (nSPS) is 17.3. The molecule has 118 valence electrons. The molecular formula is C16H26N2O2S. The van der Waals surface area contributed by atoms with Gasteiger partial charge >= 0.3 is 0 Å². The molecule has 0 aromatic heterocycles. The molecule has 1 fully saturated rings. The van der Waals surface area contributed by atoms with Crippen LogP contribution >= 0.6 is 0 Å². The molecule has 0 aliphatic heterocycles. The molecule has 0 unspecified atom stereocenters. The Morgan fingerprint density at radius 2 is 1.95 bits per heavy atom. The van der Waals surface area contributed by atoms with E-state index >= 15 is 0 Å². The average Bonchev–Trinajstić information content (AvgIpc) is 2.49. The van der Waals surface area contributed by atoms with Crippen LogP contribution in [0.25, 0.3) is 0 Å². The van der Waals surface area contributed by atoms with Crippen LogP contribution in [-0.4, -0.2) is 33.4 Å². The van der Waals surface area contributed by atoms with Gasteiger partial charge in [-0.05, 0) is 43.5 Å². The number of nitrogens with one attached hydrogen (secondary N) is 1. The molecule has 1 aliphatic carbocycles. The van der Waals surface area contributed by atoms with Crippen LogP contribution in [-0.2, 0) is 16.6 Å². The Kier molecular flexibility index (Phi) is 5.79. The van der Waals surface area contributed by atoms with Crippen molar-refractivity contribution in [2.24, 2.45) is 5.92 Å². The maximum absolute atomic E-state index is 12.7. The summed E-state index contributed by atoms with van der Waals surface area (Å²) in [6.07, 6.45) is 6.06. The molecule has 1 aromatic carbocycles. The summed E-state index contributed by atoms with van der Waals surface area (Å²) in [6.45, 7) is 1.31. The Balaban J connectivity index is 2.10. The molecule has 0 spiro atoms. The lowest BCUT2D eigenvalue weighted by Crippen LogP contribution is -2.32. The van der Waals surface area contributed by atoms with Gasteiger partial charge in [-0.2, -0.15) is 0 Å². The molecule has 0 amide bonds. The Hall–Kier alpha value is -0.910. The first-order valence-corrected chi connectivity index (χ1v) is 9.18. The fourth-order valence-corrected chi connectivity index (χ4v) is 4.35. The SMILES string of the molecule is CNCc1cccc(S(=O)(=O)N(C)CC2CCCCC2)c1. The van der Waals surface area contributed by atoms with Gasteiger partial charge in [-0.15, -0.1) is 0 Å². The largest absolute Gasteiger partial charge is 0.316 e. The molecule has 21 heavy (non-hydrogen) atoms. The molecular weight excluding hydrogens is 284 g/mol. The lowest BCUT2D eigenvalue weighted by Gasteiger charge is -2.26. The summed E-state index contributed by atoms with van der Waals surface area (Å²) in [5, 5.41) is 3.05. The van der Waals surface area contributed by atoms with Crippen LogP contribution in [0.5, 0.6) is 0 Å². The number of hydrogen-bond acceptors (Lipinski definition) is 3. The number of nitrogens with zero attached hydrogens (tertiary/aromatic N) is 1. The van der Waals surface area contributed by atoms with Crippen LogP contribution in [0.1, 0.15) is 37.7 Å². The van der Waals surface area contributed by atoms with Crippen LogP contribution in [0.3, 0.4) is 0 Å². The van der Waals surface area contributed by atoms with Crippen molar-refractivity contribution in [3.8, 4) is 0 Å². The van der Waals surface area contributed by atoms with E-state index in [0.717, 1.165) is 18.4 Å². The van der Waals surface area contributed by atoms with E-state index in [0.29, 0.717) is 23.9 Å². The molecule has 1 saturated carbocycles. The van der Waals surface area contributed by atoms with Crippen LogP contribution in [0.2, 0.25) is 0 Å². The molecule has 5 heteroatoms. The highest BCUT2D eigenvalue weighted by atomic mass is 32.2. The van der Waals surface area contributed by atoms with Crippen molar-refractivity contribution >= 4 is 10.0 Å². The first-order chi connectivity index (χ1) is 10.0. The Morgan fingerprint density at radius 3 is 2.62 bits per heavy atom. The van der Waals surface area contributed by atoms with Crippen molar-refractivity contribution in [2.75, 3.05) is 20.6 Å². The van der Waals surface area contributed by atoms with Crippen LogP contribution in [0.4, 0.5) is 0 Å². The smallest absolute Gasteiger partial charge is 0.242 e. The van der Waals surface area contributed by atoms with Crippen molar-refractivity contribution in [1.82, 2.24) is 9.62 Å². The van der Waals surface area contributed by atoms with Crippen molar-refractivity contribution in [3.05, 3.63) is 29.8 Å².